The van der Waals surface area contributed by atoms with Gasteiger partial charge < -0.3 is 9.47 Å². The number of hydrogen-bond donors (Lipinski definition) is 0. The summed E-state index contributed by atoms with van der Waals surface area (Å²) in [6.07, 6.45) is 4.02. The summed E-state index contributed by atoms with van der Waals surface area (Å²) < 4.78 is 11.0. The monoisotopic (exact) mass is 345 g/mol. The Morgan fingerprint density at radius 1 is 1.23 bits per heavy atom. The van der Waals surface area contributed by atoms with E-state index in [9.17, 15) is 4.79 Å². The van der Waals surface area contributed by atoms with Crippen LogP contribution in [0.25, 0.3) is 5.76 Å². The average Bonchev–Trinajstić information content (AvgIpc) is 2.68. The molecule has 0 saturated heterocycles. The molecule has 2 aromatic rings. The van der Waals surface area contributed by atoms with E-state index in [1.165, 1.54) is 6.08 Å². The summed E-state index contributed by atoms with van der Waals surface area (Å²) in [4.78, 5) is 11.8. The molecule has 0 radical (unpaired) electrons. The van der Waals surface area contributed by atoms with Crippen LogP contribution < -0.4 is 0 Å². The van der Waals surface area contributed by atoms with Crippen molar-refractivity contribution in [2.75, 3.05) is 6.61 Å². The number of carbonyl (C=O) groups is 1. The maximum atomic E-state index is 11.8. The van der Waals surface area contributed by atoms with Gasteiger partial charge in [-0.3, -0.25) is 0 Å². The molecule has 4 heteroatoms. The van der Waals surface area contributed by atoms with Gasteiger partial charge in [-0.05, 0) is 30.7 Å². The van der Waals surface area contributed by atoms with E-state index in [0.717, 1.165) is 11.1 Å². The van der Waals surface area contributed by atoms with E-state index in [1.807, 2.05) is 42.5 Å². The normalized spacial score (nSPS) is 17.8. The maximum absolute atomic E-state index is 11.8. The van der Waals surface area contributed by atoms with Crippen molar-refractivity contribution in [2.24, 2.45) is 0 Å². The Morgan fingerprint density at radius 3 is 2.62 bits per heavy atom. The third-order valence-electron chi connectivity index (χ3n) is 4.11. The average molecular weight is 345 g/mol. The second kappa shape index (κ2) is 8.17. The highest BCUT2D eigenvalue weighted by Crippen LogP contribution is 2.36. The van der Waals surface area contributed by atoms with Crippen LogP contribution in [0.1, 0.15) is 36.0 Å². The van der Waals surface area contributed by atoms with Crippen molar-refractivity contribution in [1.29, 1.82) is 5.26 Å². The molecule has 0 bridgehead atoms. The Labute approximate surface area is 153 Å². The second-order valence-corrected chi connectivity index (χ2v) is 5.91. The lowest BCUT2D eigenvalue weighted by atomic mass is 9.90. The lowest BCUT2D eigenvalue weighted by Crippen LogP contribution is -2.11. The number of rotatable bonds is 4. The van der Waals surface area contributed by atoms with E-state index in [0.29, 0.717) is 30.1 Å². The molecule has 130 valence electrons. The molecule has 1 aliphatic heterocycles. The van der Waals surface area contributed by atoms with Gasteiger partial charge in [-0.15, -0.1) is 0 Å². The van der Waals surface area contributed by atoms with Crippen LogP contribution in [0.5, 0.6) is 0 Å². The highest BCUT2D eigenvalue weighted by Gasteiger charge is 2.22. The third kappa shape index (κ3) is 4.20. The van der Waals surface area contributed by atoms with Crippen molar-refractivity contribution in [1.82, 2.24) is 0 Å². The van der Waals surface area contributed by atoms with Gasteiger partial charge >= 0.3 is 5.97 Å². The van der Waals surface area contributed by atoms with Gasteiger partial charge in [0.25, 0.3) is 0 Å². The molecule has 4 nitrogen and oxygen atoms in total. The number of nitrogens with zero attached hydrogens (tertiary/aromatic N) is 1. The summed E-state index contributed by atoms with van der Waals surface area (Å²) in [5, 5.41) is 8.98. The molecule has 0 saturated carbocycles. The largest absolute Gasteiger partial charge is 0.463 e. The Bertz CT molecular complexity index is 874. The molecule has 0 unspecified atom stereocenters. The van der Waals surface area contributed by atoms with E-state index in [4.69, 9.17) is 14.7 Å². The summed E-state index contributed by atoms with van der Waals surface area (Å²) in [5.41, 5.74) is 2.63. The van der Waals surface area contributed by atoms with E-state index < -0.39 is 5.97 Å². The van der Waals surface area contributed by atoms with Crippen LogP contribution in [0.4, 0.5) is 0 Å². The third-order valence-corrected chi connectivity index (χ3v) is 4.11. The number of allylic oxidation sites excluding steroid dienone is 2. The summed E-state index contributed by atoms with van der Waals surface area (Å²) >= 11 is 0. The molecule has 1 aliphatic rings. The molecule has 1 atom stereocenters. The first-order valence-corrected chi connectivity index (χ1v) is 8.52. The summed E-state index contributed by atoms with van der Waals surface area (Å²) in [7, 11) is 0. The Morgan fingerprint density at radius 2 is 1.96 bits per heavy atom. The first-order valence-electron chi connectivity index (χ1n) is 8.52. The summed E-state index contributed by atoms with van der Waals surface area (Å²) in [6.45, 7) is 2.09. The van der Waals surface area contributed by atoms with Crippen LogP contribution >= 0.6 is 0 Å². The maximum Gasteiger partial charge on any atom is 0.334 e. The van der Waals surface area contributed by atoms with Crippen molar-refractivity contribution in [3.8, 4) is 6.07 Å². The van der Waals surface area contributed by atoms with Gasteiger partial charge in [-0.1, -0.05) is 42.5 Å². The molecule has 0 spiro atoms. The van der Waals surface area contributed by atoms with E-state index in [-0.39, 0.29) is 5.92 Å². The lowest BCUT2D eigenvalue weighted by molar-refractivity contribution is -0.137. The van der Waals surface area contributed by atoms with Crippen LogP contribution in [0, 0.1) is 11.3 Å². The molecule has 1 heterocycles. The van der Waals surface area contributed by atoms with Crippen molar-refractivity contribution >= 4 is 11.7 Å². The van der Waals surface area contributed by atoms with Crippen LogP contribution in [0.2, 0.25) is 0 Å². The molecule has 3 rings (SSSR count). The SMILES string of the molecule is CCOC(=O)/C=C1/C[C@H](c2ccc(C#N)cc2)C=C(c2ccccc2)O1. The number of carbonyl (C=O) groups excluding carboxylic acids is 1. The predicted octanol–water partition coefficient (Wildman–Crippen LogP) is 4.55. The first-order chi connectivity index (χ1) is 12.7. The first kappa shape index (κ1) is 17.5. The fourth-order valence-electron chi connectivity index (χ4n) is 2.86. The number of esters is 1. The van der Waals surface area contributed by atoms with Crippen molar-refractivity contribution in [2.45, 2.75) is 19.3 Å². The molecule has 0 amide bonds. The van der Waals surface area contributed by atoms with Gasteiger partial charge in [-0.2, -0.15) is 5.26 Å². The van der Waals surface area contributed by atoms with Crippen molar-refractivity contribution < 1.29 is 14.3 Å². The van der Waals surface area contributed by atoms with Gasteiger partial charge in [-0.25, -0.2) is 4.79 Å². The van der Waals surface area contributed by atoms with Crippen molar-refractivity contribution in [3.63, 3.8) is 0 Å². The van der Waals surface area contributed by atoms with Crippen LogP contribution in [-0.4, -0.2) is 12.6 Å². The fourth-order valence-corrected chi connectivity index (χ4v) is 2.86. The van der Waals surface area contributed by atoms with Crippen LogP contribution in [-0.2, 0) is 14.3 Å². The minimum atomic E-state index is -0.407. The summed E-state index contributed by atoms with van der Waals surface area (Å²) in [5.74, 6) is 0.920. The quantitative estimate of drug-likeness (QED) is 0.602. The number of benzene rings is 2. The highest BCUT2D eigenvalue weighted by molar-refractivity contribution is 5.83. The van der Waals surface area contributed by atoms with Gasteiger partial charge in [0.1, 0.15) is 11.5 Å². The Hall–Kier alpha value is -3.32. The molecule has 0 N–H and O–H groups in total. The highest BCUT2D eigenvalue weighted by atomic mass is 16.5. The van der Waals surface area contributed by atoms with Gasteiger partial charge in [0.15, 0.2) is 0 Å². The number of ether oxygens (including phenoxy) is 2. The molecule has 0 aliphatic carbocycles. The zero-order valence-electron chi connectivity index (χ0n) is 14.5. The predicted molar refractivity (Wildman–Crippen MR) is 98.7 cm³/mol. The smallest absolute Gasteiger partial charge is 0.334 e. The number of nitriles is 1. The zero-order chi connectivity index (χ0) is 18.4. The topological polar surface area (TPSA) is 59.3 Å². The minimum absolute atomic E-state index is 0.0485. The molecular formula is C22H19NO3. The molecule has 2 aromatic carbocycles. The van der Waals surface area contributed by atoms with Crippen LogP contribution in [0.15, 0.2) is 72.5 Å². The number of hydrogen-bond acceptors (Lipinski definition) is 4. The Balaban J connectivity index is 1.95. The second-order valence-electron chi connectivity index (χ2n) is 5.91. The van der Waals surface area contributed by atoms with E-state index >= 15 is 0 Å². The Kier molecular flexibility index (Phi) is 5.50. The molecular weight excluding hydrogens is 326 g/mol. The van der Waals surface area contributed by atoms with Gasteiger partial charge in [0.2, 0.25) is 0 Å². The van der Waals surface area contributed by atoms with Gasteiger partial charge in [0, 0.05) is 17.9 Å². The van der Waals surface area contributed by atoms with E-state index in [2.05, 4.69) is 12.1 Å². The molecule has 0 fully saturated rings. The molecule has 0 aromatic heterocycles. The van der Waals surface area contributed by atoms with Crippen molar-refractivity contribution in [3.05, 3.63) is 89.2 Å². The fraction of sp³-hybridized carbons (Fsp3) is 0.182. The van der Waals surface area contributed by atoms with Gasteiger partial charge in [0.05, 0.1) is 24.3 Å². The summed E-state index contributed by atoms with van der Waals surface area (Å²) in [6, 6.07) is 19.4. The van der Waals surface area contributed by atoms with E-state index in [1.54, 1.807) is 19.1 Å². The van der Waals surface area contributed by atoms with Crippen LogP contribution in [0.3, 0.4) is 0 Å². The minimum Gasteiger partial charge on any atom is -0.463 e. The lowest BCUT2D eigenvalue weighted by Gasteiger charge is -2.25. The standard InChI is InChI=1S/C22H19NO3/c1-2-25-22(24)14-20-12-19(17-10-8-16(15-23)9-11-17)13-21(26-20)18-6-4-3-5-7-18/h3-11,13-14,19H,2,12H2,1H3/b20-14-/t19-/m0/s1. The molecule has 26 heavy (non-hydrogen) atoms. The zero-order valence-corrected chi connectivity index (χ0v) is 14.5.